The van der Waals surface area contributed by atoms with Crippen LogP contribution in [0.5, 0.6) is 0 Å². The quantitative estimate of drug-likeness (QED) is 0.805. The lowest BCUT2D eigenvalue weighted by Crippen LogP contribution is -2.23. The Kier molecular flexibility index (Phi) is 5.33. The summed E-state index contributed by atoms with van der Waals surface area (Å²) in [4.78, 5) is 11.5. The largest absolute Gasteiger partial charge is 0.465 e. The summed E-state index contributed by atoms with van der Waals surface area (Å²) in [5.41, 5.74) is 1.16. The van der Waals surface area contributed by atoms with Crippen LogP contribution in [-0.4, -0.2) is 21.5 Å². The molecule has 0 radical (unpaired) electrons. The fraction of sp³-hybridized carbons (Fsp3) is 0.133. The number of methoxy groups -OCH3 is 1. The van der Waals surface area contributed by atoms with E-state index in [0.29, 0.717) is 10.0 Å². The van der Waals surface area contributed by atoms with E-state index in [-0.39, 0.29) is 11.4 Å². The summed E-state index contributed by atoms with van der Waals surface area (Å²) in [6.07, 6.45) is 0. The van der Waals surface area contributed by atoms with Gasteiger partial charge in [0.05, 0.1) is 17.6 Å². The van der Waals surface area contributed by atoms with Gasteiger partial charge in [0, 0.05) is 11.0 Å². The van der Waals surface area contributed by atoms with E-state index in [2.05, 4.69) is 25.4 Å². The molecule has 0 saturated carbocycles. The molecule has 2 rings (SSSR count). The van der Waals surface area contributed by atoms with Crippen molar-refractivity contribution < 1.29 is 17.9 Å². The predicted molar refractivity (Wildman–Crippen MR) is 85.9 cm³/mol. The Bertz CT molecular complexity index is 772. The molecule has 5 nitrogen and oxygen atoms in total. The van der Waals surface area contributed by atoms with Crippen LogP contribution in [0, 0.1) is 0 Å². The Morgan fingerprint density at radius 2 is 1.77 bits per heavy atom. The van der Waals surface area contributed by atoms with E-state index < -0.39 is 16.0 Å². The number of rotatable bonds is 5. The molecule has 0 unspecified atom stereocenters. The number of benzene rings is 2. The molecule has 0 aliphatic rings. The molecule has 0 bridgehead atoms. The number of carbonyl (C=O) groups is 1. The Hall–Kier alpha value is -1.70. The van der Waals surface area contributed by atoms with Gasteiger partial charge in [-0.3, -0.25) is 0 Å². The third-order valence-electron chi connectivity index (χ3n) is 2.97. The molecule has 1 N–H and O–H groups in total. The van der Waals surface area contributed by atoms with Crippen LogP contribution in [0.25, 0.3) is 0 Å². The maximum absolute atomic E-state index is 12.2. The van der Waals surface area contributed by atoms with Crippen molar-refractivity contribution in [2.75, 3.05) is 7.11 Å². The summed E-state index contributed by atoms with van der Waals surface area (Å²) >= 11 is 3.22. The first-order chi connectivity index (χ1) is 10.4. The van der Waals surface area contributed by atoms with E-state index >= 15 is 0 Å². The molecule has 0 aliphatic heterocycles. The number of carbonyl (C=O) groups excluding carboxylic acids is 1. The first-order valence-electron chi connectivity index (χ1n) is 6.35. The average molecular weight is 384 g/mol. The van der Waals surface area contributed by atoms with E-state index in [1.54, 1.807) is 42.5 Å². The standard InChI is InChI=1S/C15H14BrNO4S/c1-21-15(18)12-8-6-11(7-9-12)10-17-22(19,20)14-5-3-2-4-13(14)16/h2-9,17H,10H2,1H3. The Morgan fingerprint density at radius 1 is 1.14 bits per heavy atom. The number of esters is 1. The van der Waals surface area contributed by atoms with Crippen LogP contribution in [0.4, 0.5) is 0 Å². The zero-order valence-corrected chi connectivity index (χ0v) is 14.1. The van der Waals surface area contributed by atoms with Crippen molar-refractivity contribution in [3.63, 3.8) is 0 Å². The highest BCUT2D eigenvalue weighted by Gasteiger charge is 2.16. The van der Waals surface area contributed by atoms with E-state index in [1.165, 1.54) is 13.2 Å². The van der Waals surface area contributed by atoms with Crippen molar-refractivity contribution in [1.29, 1.82) is 0 Å². The van der Waals surface area contributed by atoms with Crippen LogP contribution in [0.15, 0.2) is 57.9 Å². The second-order valence-corrected chi connectivity index (χ2v) is 7.03. The van der Waals surface area contributed by atoms with E-state index in [4.69, 9.17) is 0 Å². The van der Waals surface area contributed by atoms with Crippen LogP contribution >= 0.6 is 15.9 Å². The van der Waals surface area contributed by atoms with Crippen molar-refractivity contribution in [1.82, 2.24) is 4.72 Å². The van der Waals surface area contributed by atoms with Crippen LogP contribution in [0.2, 0.25) is 0 Å². The molecular formula is C15H14BrNO4S. The monoisotopic (exact) mass is 383 g/mol. The van der Waals surface area contributed by atoms with Gasteiger partial charge in [0.2, 0.25) is 10.0 Å². The number of nitrogens with one attached hydrogen (secondary N) is 1. The minimum atomic E-state index is -3.61. The van der Waals surface area contributed by atoms with E-state index in [9.17, 15) is 13.2 Å². The second-order valence-electron chi connectivity index (χ2n) is 4.44. The van der Waals surface area contributed by atoms with E-state index in [1.807, 2.05) is 0 Å². The summed E-state index contributed by atoms with van der Waals surface area (Å²) in [6, 6.07) is 13.1. The Morgan fingerprint density at radius 3 is 2.36 bits per heavy atom. The molecule has 0 heterocycles. The number of halogens is 1. The molecule has 0 spiro atoms. The second kappa shape index (κ2) is 7.04. The number of hydrogen-bond acceptors (Lipinski definition) is 4. The van der Waals surface area contributed by atoms with Gasteiger partial charge in [0.15, 0.2) is 0 Å². The number of hydrogen-bond donors (Lipinski definition) is 1. The molecular weight excluding hydrogens is 370 g/mol. The first kappa shape index (κ1) is 16.7. The van der Waals surface area contributed by atoms with Crippen LogP contribution < -0.4 is 4.72 Å². The molecule has 0 aliphatic carbocycles. The van der Waals surface area contributed by atoms with Gasteiger partial charge < -0.3 is 4.74 Å². The van der Waals surface area contributed by atoms with Crippen LogP contribution in [0.1, 0.15) is 15.9 Å². The lowest BCUT2D eigenvalue weighted by atomic mass is 10.1. The van der Waals surface area contributed by atoms with Crippen molar-refractivity contribution in [2.45, 2.75) is 11.4 Å². The molecule has 0 atom stereocenters. The van der Waals surface area contributed by atoms with Gasteiger partial charge in [-0.2, -0.15) is 0 Å². The van der Waals surface area contributed by atoms with Gasteiger partial charge in [-0.05, 0) is 45.8 Å². The lowest BCUT2D eigenvalue weighted by molar-refractivity contribution is 0.0600. The van der Waals surface area contributed by atoms with Gasteiger partial charge in [0.25, 0.3) is 0 Å². The third-order valence-corrected chi connectivity index (χ3v) is 5.38. The number of sulfonamides is 1. The van der Waals surface area contributed by atoms with Gasteiger partial charge in [-0.15, -0.1) is 0 Å². The summed E-state index contributed by atoms with van der Waals surface area (Å²) in [5.74, 6) is -0.430. The van der Waals surface area contributed by atoms with Crippen molar-refractivity contribution in [2.24, 2.45) is 0 Å². The maximum atomic E-state index is 12.2. The summed E-state index contributed by atoms with van der Waals surface area (Å²) in [6.45, 7) is 0.130. The molecule has 2 aromatic rings. The fourth-order valence-corrected chi connectivity index (χ4v) is 3.81. The molecule has 0 saturated heterocycles. The summed E-state index contributed by atoms with van der Waals surface area (Å²) in [5, 5.41) is 0. The zero-order valence-electron chi connectivity index (χ0n) is 11.7. The molecule has 116 valence electrons. The molecule has 22 heavy (non-hydrogen) atoms. The highest BCUT2D eigenvalue weighted by atomic mass is 79.9. The zero-order chi connectivity index (χ0) is 16.2. The van der Waals surface area contributed by atoms with Crippen molar-refractivity contribution in [3.8, 4) is 0 Å². The summed E-state index contributed by atoms with van der Waals surface area (Å²) in [7, 11) is -2.30. The lowest BCUT2D eigenvalue weighted by Gasteiger charge is -2.08. The topological polar surface area (TPSA) is 72.5 Å². The van der Waals surface area contributed by atoms with Gasteiger partial charge >= 0.3 is 5.97 Å². The highest BCUT2D eigenvalue weighted by molar-refractivity contribution is 9.10. The smallest absolute Gasteiger partial charge is 0.337 e. The van der Waals surface area contributed by atoms with E-state index in [0.717, 1.165) is 5.56 Å². The van der Waals surface area contributed by atoms with Gasteiger partial charge in [-0.25, -0.2) is 17.9 Å². The normalized spacial score (nSPS) is 11.2. The van der Waals surface area contributed by atoms with Gasteiger partial charge in [0.1, 0.15) is 0 Å². The van der Waals surface area contributed by atoms with Crippen molar-refractivity contribution >= 4 is 31.9 Å². The third kappa shape index (κ3) is 3.94. The fourth-order valence-electron chi connectivity index (χ4n) is 1.80. The van der Waals surface area contributed by atoms with Crippen LogP contribution in [-0.2, 0) is 21.3 Å². The average Bonchev–Trinajstić information content (AvgIpc) is 2.53. The minimum absolute atomic E-state index is 0.130. The molecule has 0 aromatic heterocycles. The number of ether oxygens (including phenoxy) is 1. The van der Waals surface area contributed by atoms with Gasteiger partial charge in [-0.1, -0.05) is 24.3 Å². The molecule has 0 fully saturated rings. The Labute approximate surface area is 137 Å². The summed E-state index contributed by atoms with van der Waals surface area (Å²) < 4.78 is 32.1. The molecule has 7 heteroatoms. The highest BCUT2D eigenvalue weighted by Crippen LogP contribution is 2.21. The minimum Gasteiger partial charge on any atom is -0.465 e. The Balaban J connectivity index is 2.09. The first-order valence-corrected chi connectivity index (χ1v) is 8.63. The molecule has 2 aromatic carbocycles. The van der Waals surface area contributed by atoms with Crippen molar-refractivity contribution in [3.05, 3.63) is 64.1 Å². The SMILES string of the molecule is COC(=O)c1ccc(CNS(=O)(=O)c2ccccc2Br)cc1. The maximum Gasteiger partial charge on any atom is 0.337 e. The predicted octanol–water partition coefficient (Wildman–Crippen LogP) is 2.71. The van der Waals surface area contributed by atoms with Crippen LogP contribution in [0.3, 0.4) is 0 Å². The molecule has 0 amide bonds.